The highest BCUT2D eigenvalue weighted by Gasteiger charge is 2.59. The van der Waals surface area contributed by atoms with Crippen molar-refractivity contribution >= 4 is 5.78 Å². The summed E-state index contributed by atoms with van der Waals surface area (Å²) in [5.74, 6) is 3.72. The molecule has 0 aromatic carbocycles. The van der Waals surface area contributed by atoms with Crippen molar-refractivity contribution in [3.05, 3.63) is 0 Å². The Hall–Kier alpha value is -0.370. The Morgan fingerprint density at radius 1 is 1.05 bits per heavy atom. The summed E-state index contributed by atoms with van der Waals surface area (Å²) in [7, 11) is 0. The first kappa shape index (κ1) is 13.3. The molecule has 0 aromatic heterocycles. The lowest BCUT2D eigenvalue weighted by molar-refractivity contribution is -0.157. The van der Waals surface area contributed by atoms with E-state index < -0.39 is 0 Å². The van der Waals surface area contributed by atoms with Gasteiger partial charge in [0.2, 0.25) is 0 Å². The second-order valence-electron chi connectivity index (χ2n) is 8.42. The molecule has 1 aliphatic heterocycles. The van der Waals surface area contributed by atoms with Gasteiger partial charge in [-0.05, 0) is 67.6 Å². The maximum atomic E-state index is 12.3. The second kappa shape index (κ2) is 4.32. The van der Waals surface area contributed by atoms with Gasteiger partial charge >= 0.3 is 0 Å². The normalized spacial score (nSPS) is 55.0. The summed E-state index contributed by atoms with van der Waals surface area (Å²) in [6.45, 7) is 6.70. The molecule has 4 fully saturated rings. The number of Topliss-reactive ketones (excluding diaryl/α,β-unsaturated/α-hetero) is 1. The summed E-state index contributed by atoms with van der Waals surface area (Å²) in [5.41, 5.74) is 0.425. The van der Waals surface area contributed by atoms with Gasteiger partial charge in [-0.25, -0.2) is 0 Å². The number of carbonyl (C=O) groups is 1. The molecule has 2 nitrogen and oxygen atoms in total. The fraction of sp³-hybridized carbons (Fsp3) is 0.944. The van der Waals surface area contributed by atoms with Crippen LogP contribution in [0.15, 0.2) is 0 Å². The summed E-state index contributed by atoms with van der Waals surface area (Å²) in [4.78, 5) is 12.3. The highest BCUT2D eigenvalue weighted by Crippen LogP contribution is 2.63. The molecule has 3 aliphatic carbocycles. The molecule has 3 saturated carbocycles. The third kappa shape index (κ3) is 1.58. The largest absolute Gasteiger partial charge is 0.381 e. The fourth-order valence-corrected chi connectivity index (χ4v) is 6.52. The standard InChI is InChI=1S/C18H28O2/c1-17-9-7-15-13(14(17)5-6-16(17)19)4-3-12-8-10-20-11-18(12,15)2/h12-15H,3-11H2,1-2H3/t12-,13-,14-,15-,17-,18-/m0/s1. The SMILES string of the molecule is C[C@]12COCC[C@@H]1CC[C@@H]1[C@@H]2CC[C@]2(C)C(=O)CC[C@@H]12. The van der Waals surface area contributed by atoms with E-state index >= 15 is 0 Å². The Morgan fingerprint density at radius 2 is 1.90 bits per heavy atom. The van der Waals surface area contributed by atoms with Gasteiger partial charge in [-0.1, -0.05) is 13.8 Å². The lowest BCUT2D eigenvalue weighted by atomic mass is 9.47. The first-order valence-corrected chi connectivity index (χ1v) is 8.67. The number of rotatable bonds is 0. The van der Waals surface area contributed by atoms with E-state index in [-0.39, 0.29) is 5.41 Å². The molecule has 0 spiro atoms. The van der Waals surface area contributed by atoms with E-state index in [4.69, 9.17) is 4.74 Å². The van der Waals surface area contributed by atoms with Crippen LogP contribution in [0.3, 0.4) is 0 Å². The Morgan fingerprint density at radius 3 is 2.75 bits per heavy atom. The molecule has 0 unspecified atom stereocenters. The molecule has 112 valence electrons. The van der Waals surface area contributed by atoms with Gasteiger partial charge in [-0.3, -0.25) is 4.79 Å². The lowest BCUT2D eigenvalue weighted by Gasteiger charge is -2.59. The number of fused-ring (bicyclic) bond motifs is 5. The molecule has 0 radical (unpaired) electrons. The molecular formula is C18H28O2. The fourth-order valence-electron chi connectivity index (χ4n) is 6.52. The zero-order valence-corrected chi connectivity index (χ0v) is 13.0. The second-order valence-corrected chi connectivity index (χ2v) is 8.42. The monoisotopic (exact) mass is 276 g/mol. The van der Waals surface area contributed by atoms with Gasteiger partial charge in [-0.2, -0.15) is 0 Å². The van der Waals surface area contributed by atoms with Crippen LogP contribution in [0.2, 0.25) is 0 Å². The van der Waals surface area contributed by atoms with E-state index in [2.05, 4.69) is 13.8 Å². The van der Waals surface area contributed by atoms with Crippen molar-refractivity contribution < 1.29 is 9.53 Å². The number of ether oxygens (including phenoxy) is 1. The van der Waals surface area contributed by atoms with Crippen molar-refractivity contribution in [2.45, 2.75) is 58.8 Å². The molecular weight excluding hydrogens is 248 g/mol. The minimum Gasteiger partial charge on any atom is -0.381 e. The third-order valence-corrected chi connectivity index (χ3v) is 7.80. The first-order chi connectivity index (χ1) is 9.56. The van der Waals surface area contributed by atoms with Crippen molar-refractivity contribution in [1.82, 2.24) is 0 Å². The van der Waals surface area contributed by atoms with Crippen molar-refractivity contribution in [3.63, 3.8) is 0 Å². The molecule has 1 heterocycles. The van der Waals surface area contributed by atoms with Crippen LogP contribution in [0.5, 0.6) is 0 Å². The lowest BCUT2D eigenvalue weighted by Crippen LogP contribution is -2.55. The summed E-state index contributed by atoms with van der Waals surface area (Å²) in [5, 5.41) is 0. The predicted molar refractivity (Wildman–Crippen MR) is 78.3 cm³/mol. The van der Waals surface area contributed by atoms with Gasteiger partial charge in [0.05, 0.1) is 6.61 Å². The average Bonchev–Trinajstić information content (AvgIpc) is 2.74. The molecule has 6 atom stereocenters. The van der Waals surface area contributed by atoms with Crippen LogP contribution < -0.4 is 0 Å². The van der Waals surface area contributed by atoms with Crippen molar-refractivity contribution in [2.24, 2.45) is 34.5 Å². The van der Waals surface area contributed by atoms with Gasteiger partial charge in [0, 0.05) is 18.4 Å². The van der Waals surface area contributed by atoms with Crippen molar-refractivity contribution in [3.8, 4) is 0 Å². The van der Waals surface area contributed by atoms with E-state index in [0.29, 0.717) is 17.1 Å². The molecule has 0 amide bonds. The number of carbonyl (C=O) groups excluding carboxylic acids is 1. The summed E-state index contributed by atoms with van der Waals surface area (Å²) >= 11 is 0. The van der Waals surface area contributed by atoms with E-state index in [0.717, 1.165) is 50.2 Å². The highest BCUT2D eigenvalue weighted by atomic mass is 16.5. The molecule has 20 heavy (non-hydrogen) atoms. The zero-order valence-electron chi connectivity index (χ0n) is 13.0. The van der Waals surface area contributed by atoms with Crippen LogP contribution in [0.1, 0.15) is 58.8 Å². The van der Waals surface area contributed by atoms with Gasteiger partial charge in [0.25, 0.3) is 0 Å². The molecule has 0 bridgehead atoms. The van der Waals surface area contributed by atoms with E-state index in [1.807, 2.05) is 0 Å². The van der Waals surface area contributed by atoms with Crippen LogP contribution in [0.25, 0.3) is 0 Å². The topological polar surface area (TPSA) is 26.3 Å². The molecule has 4 aliphatic rings. The zero-order chi connectivity index (χ0) is 14.0. The third-order valence-electron chi connectivity index (χ3n) is 7.80. The number of hydrogen-bond acceptors (Lipinski definition) is 2. The maximum absolute atomic E-state index is 12.3. The number of ketones is 1. The quantitative estimate of drug-likeness (QED) is 0.672. The van der Waals surface area contributed by atoms with Crippen LogP contribution in [-0.4, -0.2) is 19.0 Å². The van der Waals surface area contributed by atoms with Gasteiger partial charge < -0.3 is 4.74 Å². The molecule has 0 N–H and O–H groups in total. The first-order valence-electron chi connectivity index (χ1n) is 8.67. The van der Waals surface area contributed by atoms with Crippen LogP contribution in [-0.2, 0) is 9.53 Å². The van der Waals surface area contributed by atoms with Crippen LogP contribution in [0.4, 0.5) is 0 Å². The van der Waals surface area contributed by atoms with Gasteiger partial charge in [0.15, 0.2) is 0 Å². The molecule has 1 saturated heterocycles. The maximum Gasteiger partial charge on any atom is 0.139 e. The smallest absolute Gasteiger partial charge is 0.139 e. The molecule has 4 rings (SSSR count). The minimum absolute atomic E-state index is 0.0277. The Kier molecular flexibility index (Phi) is 2.87. The summed E-state index contributed by atoms with van der Waals surface area (Å²) in [6, 6.07) is 0. The molecule has 0 aromatic rings. The molecule has 2 heteroatoms. The highest BCUT2D eigenvalue weighted by molar-refractivity contribution is 5.87. The summed E-state index contributed by atoms with van der Waals surface area (Å²) < 4.78 is 5.88. The van der Waals surface area contributed by atoms with Crippen LogP contribution in [0, 0.1) is 34.5 Å². The van der Waals surface area contributed by atoms with Crippen molar-refractivity contribution in [2.75, 3.05) is 13.2 Å². The van der Waals surface area contributed by atoms with Crippen molar-refractivity contribution in [1.29, 1.82) is 0 Å². The average molecular weight is 276 g/mol. The van der Waals surface area contributed by atoms with Gasteiger partial charge in [-0.15, -0.1) is 0 Å². The Balaban J connectivity index is 1.66. The Labute approximate surface area is 122 Å². The van der Waals surface area contributed by atoms with E-state index in [1.165, 1.54) is 25.7 Å². The number of hydrogen-bond donors (Lipinski definition) is 0. The summed E-state index contributed by atoms with van der Waals surface area (Å²) in [6.07, 6.45) is 8.43. The van der Waals surface area contributed by atoms with E-state index in [9.17, 15) is 4.79 Å². The van der Waals surface area contributed by atoms with Gasteiger partial charge in [0.1, 0.15) is 5.78 Å². The predicted octanol–water partition coefficient (Wildman–Crippen LogP) is 3.83. The minimum atomic E-state index is 0.0277. The van der Waals surface area contributed by atoms with E-state index in [1.54, 1.807) is 0 Å². The Bertz CT molecular complexity index is 431. The van der Waals surface area contributed by atoms with Crippen LogP contribution >= 0.6 is 0 Å².